The summed E-state index contributed by atoms with van der Waals surface area (Å²) in [6, 6.07) is 0.597. The van der Waals surface area contributed by atoms with E-state index in [1.54, 1.807) is 0 Å². The molecule has 0 aliphatic carbocycles. The average molecular weight is 204 g/mol. The van der Waals surface area contributed by atoms with Crippen molar-refractivity contribution >= 4 is 0 Å². The minimum Gasteiger partial charge on any atom is -0.394 e. The molecule has 0 saturated carbocycles. The van der Waals surface area contributed by atoms with E-state index in [4.69, 9.17) is 10.2 Å². The van der Waals surface area contributed by atoms with Crippen molar-refractivity contribution in [2.24, 2.45) is 0 Å². The van der Waals surface area contributed by atoms with Crippen molar-refractivity contribution in [1.82, 2.24) is 10.2 Å². The molecule has 2 atom stereocenters. The summed E-state index contributed by atoms with van der Waals surface area (Å²) in [5, 5.41) is 20.7. The zero-order valence-corrected chi connectivity index (χ0v) is 9.53. The van der Waals surface area contributed by atoms with Crippen LogP contribution in [0.2, 0.25) is 0 Å². The van der Waals surface area contributed by atoms with Crippen LogP contribution in [0.4, 0.5) is 0 Å². The summed E-state index contributed by atoms with van der Waals surface area (Å²) in [5.74, 6) is 0. The van der Waals surface area contributed by atoms with Crippen molar-refractivity contribution < 1.29 is 10.2 Å². The lowest BCUT2D eigenvalue weighted by atomic mass is 10.2. The van der Waals surface area contributed by atoms with Gasteiger partial charge in [-0.2, -0.15) is 0 Å². The fourth-order valence-electron chi connectivity index (χ4n) is 1.12. The molecule has 0 bridgehead atoms. The van der Waals surface area contributed by atoms with Crippen molar-refractivity contribution in [2.75, 3.05) is 33.3 Å². The highest BCUT2D eigenvalue weighted by Gasteiger charge is 2.06. The fourth-order valence-corrected chi connectivity index (χ4v) is 1.12. The van der Waals surface area contributed by atoms with Gasteiger partial charge in [0.2, 0.25) is 0 Å². The number of aliphatic hydroxyl groups excluding tert-OH is 2. The molecule has 0 spiro atoms. The first-order chi connectivity index (χ1) is 6.61. The van der Waals surface area contributed by atoms with E-state index in [2.05, 4.69) is 31.1 Å². The number of nitrogens with zero attached hydrogens (tertiary/aromatic N) is 1. The molecule has 2 unspecified atom stereocenters. The molecule has 0 aromatic carbocycles. The Balaban J connectivity index is 3.35. The minimum atomic E-state index is -0.635. The van der Waals surface area contributed by atoms with Crippen LogP contribution in [0, 0.1) is 0 Å². The van der Waals surface area contributed by atoms with Crippen LogP contribution in [0.25, 0.3) is 0 Å². The van der Waals surface area contributed by atoms with E-state index in [1.807, 2.05) is 0 Å². The number of hydrogen-bond donors (Lipinski definition) is 3. The van der Waals surface area contributed by atoms with Crippen LogP contribution >= 0.6 is 0 Å². The van der Waals surface area contributed by atoms with Crippen LogP contribution in [-0.4, -0.2) is 60.5 Å². The average Bonchev–Trinajstić information content (AvgIpc) is 2.22. The molecule has 0 radical (unpaired) electrons. The first kappa shape index (κ1) is 13.8. The second-order valence-corrected chi connectivity index (χ2v) is 3.78. The molecule has 0 fully saturated rings. The first-order valence-corrected chi connectivity index (χ1v) is 5.31. The number of aliphatic hydroxyl groups is 2. The van der Waals surface area contributed by atoms with Gasteiger partial charge in [0.15, 0.2) is 0 Å². The Labute approximate surface area is 86.9 Å². The Morgan fingerprint density at radius 3 is 2.57 bits per heavy atom. The van der Waals surface area contributed by atoms with E-state index in [-0.39, 0.29) is 6.61 Å². The fraction of sp³-hybridized carbons (Fsp3) is 1.00. The molecular formula is C10H24N2O2. The second kappa shape index (κ2) is 8.17. The molecule has 0 amide bonds. The molecular weight excluding hydrogens is 180 g/mol. The predicted octanol–water partition coefficient (Wildman–Crippen LogP) is -0.340. The van der Waals surface area contributed by atoms with E-state index < -0.39 is 6.10 Å². The van der Waals surface area contributed by atoms with Crippen LogP contribution in [0.3, 0.4) is 0 Å². The van der Waals surface area contributed by atoms with Gasteiger partial charge >= 0.3 is 0 Å². The second-order valence-electron chi connectivity index (χ2n) is 3.78. The largest absolute Gasteiger partial charge is 0.394 e. The van der Waals surface area contributed by atoms with Gasteiger partial charge in [-0.25, -0.2) is 0 Å². The van der Waals surface area contributed by atoms with Crippen LogP contribution < -0.4 is 5.32 Å². The van der Waals surface area contributed by atoms with Gasteiger partial charge in [-0.3, -0.25) is 0 Å². The lowest BCUT2D eigenvalue weighted by Crippen LogP contribution is -2.38. The van der Waals surface area contributed by atoms with Crippen molar-refractivity contribution in [3.63, 3.8) is 0 Å². The number of rotatable bonds is 8. The predicted molar refractivity (Wildman–Crippen MR) is 58.3 cm³/mol. The maximum Gasteiger partial charge on any atom is 0.0894 e. The quantitative estimate of drug-likeness (QED) is 0.473. The Morgan fingerprint density at radius 2 is 2.07 bits per heavy atom. The smallest absolute Gasteiger partial charge is 0.0894 e. The molecule has 14 heavy (non-hydrogen) atoms. The van der Waals surface area contributed by atoms with Crippen LogP contribution in [0.15, 0.2) is 0 Å². The SMILES string of the molecule is CCC(C)N(C)CCNCC(O)CO. The molecule has 0 aromatic heterocycles. The Bertz CT molecular complexity index is 133. The van der Waals surface area contributed by atoms with Crippen LogP contribution in [0.5, 0.6) is 0 Å². The third-order valence-electron chi connectivity index (χ3n) is 2.58. The molecule has 0 aromatic rings. The van der Waals surface area contributed by atoms with Gasteiger partial charge in [-0.05, 0) is 20.4 Å². The number of likely N-dealkylation sites (N-methyl/N-ethyl adjacent to an activating group) is 1. The zero-order chi connectivity index (χ0) is 11.0. The molecule has 0 heterocycles. The highest BCUT2D eigenvalue weighted by Crippen LogP contribution is 1.97. The van der Waals surface area contributed by atoms with Crippen molar-refractivity contribution in [3.8, 4) is 0 Å². The summed E-state index contributed by atoms with van der Waals surface area (Å²) in [5.41, 5.74) is 0. The molecule has 0 rings (SSSR count). The number of nitrogens with one attached hydrogen (secondary N) is 1. The zero-order valence-electron chi connectivity index (χ0n) is 9.53. The third kappa shape index (κ3) is 6.32. The highest BCUT2D eigenvalue weighted by molar-refractivity contribution is 4.63. The minimum absolute atomic E-state index is 0.172. The summed E-state index contributed by atoms with van der Waals surface area (Å²) >= 11 is 0. The number of hydrogen-bond acceptors (Lipinski definition) is 4. The highest BCUT2D eigenvalue weighted by atomic mass is 16.3. The Hall–Kier alpha value is -0.160. The summed E-state index contributed by atoms with van der Waals surface area (Å²) in [7, 11) is 2.10. The maximum atomic E-state index is 9.05. The normalized spacial score (nSPS) is 15.9. The summed E-state index contributed by atoms with van der Waals surface area (Å²) in [6.45, 7) is 6.47. The molecule has 3 N–H and O–H groups in total. The standard InChI is InChI=1S/C10H24N2O2/c1-4-9(2)12(3)6-5-11-7-10(14)8-13/h9-11,13-14H,4-8H2,1-3H3. The molecule has 4 nitrogen and oxygen atoms in total. The Morgan fingerprint density at radius 1 is 1.43 bits per heavy atom. The first-order valence-electron chi connectivity index (χ1n) is 5.31. The van der Waals surface area contributed by atoms with Gasteiger partial charge in [-0.15, -0.1) is 0 Å². The van der Waals surface area contributed by atoms with Gasteiger partial charge in [0.25, 0.3) is 0 Å². The van der Waals surface area contributed by atoms with Gasteiger partial charge in [-0.1, -0.05) is 6.92 Å². The van der Waals surface area contributed by atoms with Gasteiger partial charge in [0, 0.05) is 25.7 Å². The van der Waals surface area contributed by atoms with E-state index >= 15 is 0 Å². The van der Waals surface area contributed by atoms with E-state index in [9.17, 15) is 0 Å². The van der Waals surface area contributed by atoms with Gasteiger partial charge in [0.1, 0.15) is 0 Å². The van der Waals surface area contributed by atoms with Gasteiger partial charge in [0.05, 0.1) is 12.7 Å². The van der Waals surface area contributed by atoms with Crippen molar-refractivity contribution in [2.45, 2.75) is 32.4 Å². The molecule has 0 aliphatic rings. The van der Waals surface area contributed by atoms with E-state index in [1.165, 1.54) is 0 Å². The van der Waals surface area contributed by atoms with E-state index in [0.29, 0.717) is 12.6 Å². The molecule has 86 valence electrons. The maximum absolute atomic E-state index is 9.05. The summed E-state index contributed by atoms with van der Waals surface area (Å²) < 4.78 is 0. The van der Waals surface area contributed by atoms with Crippen molar-refractivity contribution in [3.05, 3.63) is 0 Å². The summed E-state index contributed by atoms with van der Waals surface area (Å²) in [6.07, 6.45) is 0.513. The molecule has 0 aliphatic heterocycles. The topological polar surface area (TPSA) is 55.7 Å². The van der Waals surface area contributed by atoms with E-state index in [0.717, 1.165) is 19.5 Å². The lowest BCUT2D eigenvalue weighted by molar-refractivity contribution is 0.0936. The van der Waals surface area contributed by atoms with Gasteiger partial charge < -0.3 is 20.4 Å². The van der Waals surface area contributed by atoms with Crippen molar-refractivity contribution in [1.29, 1.82) is 0 Å². The van der Waals surface area contributed by atoms with Crippen LogP contribution in [0.1, 0.15) is 20.3 Å². The summed E-state index contributed by atoms with van der Waals surface area (Å²) in [4.78, 5) is 2.28. The molecule has 0 saturated heterocycles. The lowest BCUT2D eigenvalue weighted by Gasteiger charge is -2.23. The monoisotopic (exact) mass is 204 g/mol. The third-order valence-corrected chi connectivity index (χ3v) is 2.58. The van der Waals surface area contributed by atoms with Crippen LogP contribution in [-0.2, 0) is 0 Å². The molecule has 4 heteroatoms. The Kier molecular flexibility index (Phi) is 8.08.